The Kier molecular flexibility index (Phi) is 5.51. The number of nitrogens with zero attached hydrogens (tertiary/aromatic N) is 3. The molecule has 1 amide bonds. The Morgan fingerprint density at radius 3 is 2.91 bits per heavy atom. The Morgan fingerprint density at radius 2 is 2.12 bits per heavy atom. The van der Waals surface area contributed by atoms with E-state index >= 15 is 0 Å². The van der Waals surface area contributed by atoms with Gasteiger partial charge in [0.15, 0.2) is 0 Å². The Balaban J connectivity index is 1.63. The van der Waals surface area contributed by atoms with Crippen LogP contribution in [0.15, 0.2) is 36.4 Å². The fraction of sp³-hybridized carbons (Fsp3) is 0.360. The van der Waals surface area contributed by atoms with Crippen LogP contribution in [-0.4, -0.2) is 47.6 Å². The molecule has 2 bridgehead atoms. The van der Waals surface area contributed by atoms with E-state index < -0.39 is 6.61 Å². The first-order valence-corrected chi connectivity index (χ1v) is 11.0. The molecule has 1 N–H and O–H groups in total. The van der Waals surface area contributed by atoms with Crippen LogP contribution in [0.2, 0.25) is 0 Å². The molecule has 0 saturated carbocycles. The number of alkyl halides is 2. The molecule has 2 atom stereocenters. The molecule has 0 aliphatic carbocycles. The second-order valence-electron chi connectivity index (χ2n) is 8.33. The summed E-state index contributed by atoms with van der Waals surface area (Å²) in [6.45, 7) is -2.06. The van der Waals surface area contributed by atoms with E-state index in [2.05, 4.69) is 21.7 Å². The van der Waals surface area contributed by atoms with Crippen LogP contribution >= 0.6 is 0 Å². The van der Waals surface area contributed by atoms with Crippen molar-refractivity contribution in [2.75, 3.05) is 20.6 Å². The number of hydrogen-bond acceptors (Lipinski definition) is 4. The Labute approximate surface area is 190 Å². The van der Waals surface area contributed by atoms with Gasteiger partial charge in [-0.25, -0.2) is 4.98 Å². The molecule has 1 aromatic heterocycles. The molecule has 0 fully saturated rings. The number of rotatable bonds is 5. The highest BCUT2D eigenvalue weighted by molar-refractivity contribution is 5.97. The van der Waals surface area contributed by atoms with E-state index in [-0.39, 0.29) is 23.7 Å². The lowest BCUT2D eigenvalue weighted by atomic mass is 9.97. The highest BCUT2D eigenvalue weighted by Crippen LogP contribution is 2.49. The molecule has 3 heterocycles. The Morgan fingerprint density at radius 1 is 1.27 bits per heavy atom. The number of halogens is 2. The number of hydrogen-bond donors (Lipinski definition) is 1. The van der Waals surface area contributed by atoms with E-state index in [1.807, 2.05) is 25.2 Å². The van der Waals surface area contributed by atoms with E-state index in [4.69, 9.17) is 9.72 Å². The molecule has 0 saturated heterocycles. The van der Waals surface area contributed by atoms with Gasteiger partial charge in [-0.05, 0) is 50.3 Å². The SMILES string of the molecule is CNCCCC#Cc1ccc2nc3n(c2c1)C1C[C@H]3N(C)C(=O)c2cccc(OC(F)F)c21. The van der Waals surface area contributed by atoms with Crippen molar-refractivity contribution in [3.05, 3.63) is 58.9 Å². The number of benzene rings is 2. The quantitative estimate of drug-likeness (QED) is 0.470. The predicted octanol–water partition coefficient (Wildman–Crippen LogP) is 4.11. The molecule has 1 unspecified atom stereocenters. The van der Waals surface area contributed by atoms with Crippen molar-refractivity contribution in [3.8, 4) is 17.6 Å². The van der Waals surface area contributed by atoms with Gasteiger partial charge in [-0.1, -0.05) is 17.9 Å². The van der Waals surface area contributed by atoms with Gasteiger partial charge in [0.05, 0.1) is 23.1 Å². The highest BCUT2D eigenvalue weighted by atomic mass is 19.3. The van der Waals surface area contributed by atoms with E-state index in [0.717, 1.165) is 41.8 Å². The zero-order valence-electron chi connectivity index (χ0n) is 18.4. The van der Waals surface area contributed by atoms with Crippen molar-refractivity contribution in [3.63, 3.8) is 0 Å². The van der Waals surface area contributed by atoms with Gasteiger partial charge >= 0.3 is 6.61 Å². The summed E-state index contributed by atoms with van der Waals surface area (Å²) in [5, 5.41) is 3.11. The van der Waals surface area contributed by atoms with Gasteiger partial charge in [0, 0.05) is 36.6 Å². The molecule has 5 rings (SSSR count). The van der Waals surface area contributed by atoms with Crippen molar-refractivity contribution < 1.29 is 18.3 Å². The average molecular weight is 450 g/mol. The van der Waals surface area contributed by atoms with E-state index in [1.54, 1.807) is 24.1 Å². The van der Waals surface area contributed by atoms with Gasteiger partial charge in [0.25, 0.3) is 5.91 Å². The van der Waals surface area contributed by atoms with Gasteiger partial charge in [0.2, 0.25) is 0 Å². The highest BCUT2D eigenvalue weighted by Gasteiger charge is 2.44. The zero-order valence-corrected chi connectivity index (χ0v) is 18.4. The number of carbonyl (C=O) groups excluding carboxylic acids is 1. The third-order valence-electron chi connectivity index (χ3n) is 6.37. The molecule has 0 spiro atoms. The molecule has 33 heavy (non-hydrogen) atoms. The first-order chi connectivity index (χ1) is 16.0. The number of ether oxygens (including phenoxy) is 1. The fourth-order valence-corrected chi connectivity index (χ4v) is 4.88. The van der Waals surface area contributed by atoms with Crippen LogP contribution in [0.3, 0.4) is 0 Å². The van der Waals surface area contributed by atoms with Crippen LogP contribution in [0.1, 0.15) is 58.7 Å². The molecular formula is C25H24F2N4O2. The summed E-state index contributed by atoms with van der Waals surface area (Å²) in [6.07, 6.45) is 2.32. The summed E-state index contributed by atoms with van der Waals surface area (Å²) in [7, 11) is 3.65. The fourth-order valence-electron chi connectivity index (χ4n) is 4.88. The lowest BCUT2D eigenvalue weighted by Crippen LogP contribution is -2.30. The monoisotopic (exact) mass is 450 g/mol. The van der Waals surface area contributed by atoms with Crippen LogP contribution in [0, 0.1) is 11.8 Å². The summed E-state index contributed by atoms with van der Waals surface area (Å²) < 4.78 is 33.3. The van der Waals surface area contributed by atoms with Gasteiger partial charge in [-0.3, -0.25) is 4.79 Å². The molecule has 0 radical (unpaired) electrons. The number of aromatic nitrogens is 2. The van der Waals surface area contributed by atoms with Gasteiger partial charge in [-0.2, -0.15) is 8.78 Å². The minimum absolute atomic E-state index is 0.0325. The molecule has 2 aliphatic rings. The standard InChI is InChI=1S/C25H24F2N4O2/c1-28-12-5-3-4-7-15-10-11-17-18(13-15)31-19-14-20(23(31)29-17)30(2)24(32)16-8-6-9-21(22(16)19)33-25(26)27/h6,8-11,13,19-20,25,28H,3,5,12,14H2,1-2H3/t19?,20-/m1/s1. The molecule has 3 aromatic rings. The molecule has 2 aromatic carbocycles. The Hall–Kier alpha value is -3.44. The van der Waals surface area contributed by atoms with Gasteiger partial charge in [-0.15, -0.1) is 0 Å². The molecule has 2 aliphatic heterocycles. The van der Waals surface area contributed by atoms with Crippen molar-refractivity contribution in [1.29, 1.82) is 0 Å². The third kappa shape index (κ3) is 3.62. The minimum atomic E-state index is -2.98. The van der Waals surface area contributed by atoms with E-state index in [0.29, 0.717) is 17.5 Å². The lowest BCUT2D eigenvalue weighted by molar-refractivity contribution is -0.0507. The molecule has 6 nitrogen and oxygen atoms in total. The van der Waals surface area contributed by atoms with Crippen molar-refractivity contribution >= 4 is 16.9 Å². The second kappa shape index (κ2) is 8.49. The van der Waals surface area contributed by atoms with Crippen molar-refractivity contribution in [2.24, 2.45) is 0 Å². The number of nitrogens with one attached hydrogen (secondary N) is 1. The number of amides is 1. The first kappa shape index (κ1) is 21.4. The van der Waals surface area contributed by atoms with Gasteiger partial charge < -0.3 is 19.5 Å². The zero-order chi connectivity index (χ0) is 23.1. The summed E-state index contributed by atoms with van der Waals surface area (Å²) in [5.74, 6) is 6.98. The maximum atomic E-state index is 13.2. The predicted molar refractivity (Wildman–Crippen MR) is 120 cm³/mol. The van der Waals surface area contributed by atoms with Crippen LogP contribution in [0.4, 0.5) is 8.78 Å². The van der Waals surface area contributed by atoms with Crippen molar-refractivity contribution in [1.82, 2.24) is 19.8 Å². The first-order valence-electron chi connectivity index (χ1n) is 11.0. The summed E-state index contributed by atoms with van der Waals surface area (Å²) >= 11 is 0. The number of imidazole rings is 1. The van der Waals surface area contributed by atoms with E-state index in [9.17, 15) is 13.6 Å². The molecular weight excluding hydrogens is 426 g/mol. The topological polar surface area (TPSA) is 59.4 Å². The van der Waals surface area contributed by atoms with Crippen LogP contribution < -0.4 is 10.1 Å². The second-order valence-corrected chi connectivity index (χ2v) is 8.33. The van der Waals surface area contributed by atoms with Crippen molar-refractivity contribution in [2.45, 2.75) is 38.0 Å². The maximum absolute atomic E-state index is 13.2. The van der Waals surface area contributed by atoms with Crippen LogP contribution in [0.5, 0.6) is 5.75 Å². The van der Waals surface area contributed by atoms with Crippen LogP contribution in [0.25, 0.3) is 11.0 Å². The smallest absolute Gasteiger partial charge is 0.387 e. The van der Waals surface area contributed by atoms with Crippen LogP contribution in [-0.2, 0) is 0 Å². The summed E-state index contributed by atoms with van der Waals surface area (Å²) in [4.78, 5) is 19.6. The summed E-state index contributed by atoms with van der Waals surface area (Å²) in [5.41, 5.74) is 3.41. The maximum Gasteiger partial charge on any atom is 0.387 e. The van der Waals surface area contributed by atoms with Gasteiger partial charge in [0.1, 0.15) is 11.6 Å². The average Bonchev–Trinajstić information content (AvgIpc) is 3.31. The van der Waals surface area contributed by atoms with E-state index in [1.165, 1.54) is 6.07 Å². The summed E-state index contributed by atoms with van der Waals surface area (Å²) in [6, 6.07) is 10.0. The molecule has 8 heteroatoms. The normalized spacial score (nSPS) is 18.7. The molecule has 170 valence electrons. The largest absolute Gasteiger partial charge is 0.434 e. The minimum Gasteiger partial charge on any atom is -0.434 e. The number of unbranched alkanes of at least 4 members (excludes halogenated alkanes) is 1. The third-order valence-corrected chi connectivity index (χ3v) is 6.37. The number of carbonyl (C=O) groups is 1. The lowest BCUT2D eigenvalue weighted by Gasteiger charge is -2.24. The number of fused-ring (bicyclic) bond motifs is 9. The Bertz CT molecular complexity index is 1290.